The lowest BCUT2D eigenvalue weighted by molar-refractivity contribution is 0.0231. The van der Waals surface area contributed by atoms with Crippen LogP contribution in [0.5, 0.6) is 0 Å². The molecule has 5 aromatic rings. The third-order valence-electron chi connectivity index (χ3n) is 5.19. The summed E-state index contributed by atoms with van der Waals surface area (Å²) in [6.45, 7) is 1.80. The first-order chi connectivity index (χ1) is 15.3. The number of nitrogens with zero attached hydrogens (tertiary/aromatic N) is 7. The van der Waals surface area contributed by atoms with E-state index in [0.29, 0.717) is 23.2 Å². The highest BCUT2D eigenvalue weighted by molar-refractivity contribution is 5.85. The number of aromatic nitrogens is 7. The molecule has 7 nitrogen and oxygen atoms in total. The molecule has 0 radical (unpaired) electrons. The summed E-state index contributed by atoms with van der Waals surface area (Å²) in [5, 5.41) is 15.0. The van der Waals surface area contributed by atoms with Crippen LogP contribution < -0.4 is 0 Å². The zero-order valence-electron chi connectivity index (χ0n) is 16.9. The van der Waals surface area contributed by atoms with Crippen molar-refractivity contribution in [1.29, 1.82) is 0 Å². The Kier molecular flexibility index (Phi) is 4.43. The lowest BCUT2D eigenvalue weighted by atomic mass is 10.0. The van der Waals surface area contributed by atoms with Crippen molar-refractivity contribution in [2.24, 2.45) is 7.05 Å². The lowest BCUT2D eigenvalue weighted by Gasteiger charge is -2.17. The predicted molar refractivity (Wildman–Crippen MR) is 107 cm³/mol. The van der Waals surface area contributed by atoms with Crippen molar-refractivity contribution in [3.63, 3.8) is 0 Å². The van der Waals surface area contributed by atoms with Crippen LogP contribution in [0.2, 0.25) is 0 Å². The molecule has 0 saturated heterocycles. The van der Waals surface area contributed by atoms with E-state index in [9.17, 15) is 4.39 Å². The quantitative estimate of drug-likeness (QED) is 0.394. The van der Waals surface area contributed by atoms with Gasteiger partial charge in [0.1, 0.15) is 17.2 Å². The Bertz CT molecular complexity index is 1490. The molecule has 0 N–H and O–H groups in total. The normalized spacial score (nSPS) is 12.2. The average Bonchev–Trinajstić information content (AvgIpc) is 3.39. The number of pyridine rings is 1. The second kappa shape index (κ2) is 7.08. The maximum absolute atomic E-state index is 15.5. The molecular formula is C21H15F4N7. The smallest absolute Gasteiger partial charge is 0.275 e. The minimum absolute atomic E-state index is 0.0408. The third kappa shape index (κ3) is 3.00. The van der Waals surface area contributed by atoms with E-state index in [0.717, 1.165) is 10.6 Å². The van der Waals surface area contributed by atoms with Gasteiger partial charge in [-0.05, 0) is 24.6 Å². The maximum atomic E-state index is 15.5. The van der Waals surface area contributed by atoms with Gasteiger partial charge in [-0.2, -0.15) is 23.5 Å². The van der Waals surface area contributed by atoms with Crippen LogP contribution >= 0.6 is 0 Å². The first-order valence-electron chi connectivity index (χ1n) is 9.66. The number of aryl methyl sites for hydroxylation is 2. The molecule has 4 heterocycles. The molecule has 32 heavy (non-hydrogen) atoms. The summed E-state index contributed by atoms with van der Waals surface area (Å²) < 4.78 is 63.5. The maximum Gasteiger partial charge on any atom is 0.339 e. The summed E-state index contributed by atoms with van der Waals surface area (Å²) in [5.74, 6) is -7.99. The van der Waals surface area contributed by atoms with Crippen molar-refractivity contribution < 1.29 is 17.6 Å². The SMILES string of the molecule is CCc1ccc2nnc(C(F)(F)c3c(F)cc4ncc(-c5cnn(C)c5)cc4c3F)n2n1. The molecule has 0 atom stereocenters. The molecule has 162 valence electrons. The molecule has 0 unspecified atom stereocenters. The van der Waals surface area contributed by atoms with Crippen molar-refractivity contribution in [2.75, 3.05) is 0 Å². The largest absolute Gasteiger partial charge is 0.339 e. The fraction of sp³-hybridized carbons (Fsp3) is 0.190. The summed E-state index contributed by atoms with van der Waals surface area (Å²) >= 11 is 0. The Morgan fingerprint density at radius 2 is 1.84 bits per heavy atom. The highest BCUT2D eigenvalue weighted by Gasteiger charge is 2.45. The lowest BCUT2D eigenvalue weighted by Crippen LogP contribution is -2.24. The standard InChI is InChI=1S/C21H15F4N7/c1-3-13-4-5-17-28-29-20(32(17)30-13)21(24,25)18-15(22)7-16-14(19(18)23)6-11(8-26-16)12-9-27-31(2)10-12/h4-10H,3H2,1-2H3. The molecule has 4 aromatic heterocycles. The van der Waals surface area contributed by atoms with Crippen molar-refractivity contribution in [3.8, 4) is 11.1 Å². The fourth-order valence-corrected chi connectivity index (χ4v) is 3.54. The molecule has 0 spiro atoms. The Hall–Kier alpha value is -3.89. The van der Waals surface area contributed by atoms with Crippen LogP contribution in [0.4, 0.5) is 17.6 Å². The minimum atomic E-state index is -4.15. The van der Waals surface area contributed by atoms with E-state index in [-0.39, 0.29) is 16.6 Å². The number of halogens is 4. The molecule has 0 fully saturated rings. The van der Waals surface area contributed by atoms with Gasteiger partial charge in [0.2, 0.25) is 5.82 Å². The van der Waals surface area contributed by atoms with E-state index < -0.39 is 28.9 Å². The van der Waals surface area contributed by atoms with Crippen LogP contribution in [0.15, 0.2) is 42.9 Å². The zero-order chi connectivity index (χ0) is 22.6. The fourth-order valence-electron chi connectivity index (χ4n) is 3.54. The molecule has 0 aliphatic rings. The van der Waals surface area contributed by atoms with Gasteiger partial charge in [-0.1, -0.05) is 6.92 Å². The molecule has 11 heteroatoms. The number of benzene rings is 1. The minimum Gasteiger partial charge on any atom is -0.275 e. The van der Waals surface area contributed by atoms with Gasteiger partial charge >= 0.3 is 5.92 Å². The van der Waals surface area contributed by atoms with Gasteiger partial charge in [0, 0.05) is 42.0 Å². The highest BCUT2D eigenvalue weighted by atomic mass is 19.3. The zero-order valence-corrected chi connectivity index (χ0v) is 16.9. The van der Waals surface area contributed by atoms with Crippen molar-refractivity contribution in [2.45, 2.75) is 19.3 Å². The molecule has 0 aliphatic heterocycles. The van der Waals surface area contributed by atoms with Crippen LogP contribution in [0, 0.1) is 11.6 Å². The molecule has 0 saturated carbocycles. The van der Waals surface area contributed by atoms with E-state index >= 15 is 13.2 Å². The molecule has 1 aromatic carbocycles. The number of rotatable bonds is 4. The first-order valence-corrected chi connectivity index (χ1v) is 9.66. The Labute approximate surface area is 178 Å². The van der Waals surface area contributed by atoms with Crippen molar-refractivity contribution >= 4 is 16.6 Å². The van der Waals surface area contributed by atoms with Gasteiger partial charge in [0.15, 0.2) is 5.65 Å². The third-order valence-corrected chi connectivity index (χ3v) is 5.19. The second-order valence-corrected chi connectivity index (χ2v) is 7.29. The van der Waals surface area contributed by atoms with Gasteiger partial charge < -0.3 is 0 Å². The van der Waals surface area contributed by atoms with Crippen molar-refractivity contribution in [3.05, 3.63) is 71.6 Å². The predicted octanol–water partition coefficient (Wildman–Crippen LogP) is 4.05. The van der Waals surface area contributed by atoms with Gasteiger partial charge in [-0.25, -0.2) is 8.78 Å². The Morgan fingerprint density at radius 1 is 1.03 bits per heavy atom. The Morgan fingerprint density at radius 3 is 2.56 bits per heavy atom. The van der Waals surface area contributed by atoms with Crippen LogP contribution in [0.1, 0.15) is 24.0 Å². The van der Waals surface area contributed by atoms with E-state index in [1.54, 1.807) is 26.2 Å². The van der Waals surface area contributed by atoms with Gasteiger partial charge in [0.25, 0.3) is 0 Å². The van der Waals surface area contributed by atoms with Gasteiger partial charge in [-0.15, -0.1) is 10.2 Å². The Balaban J connectivity index is 1.72. The van der Waals surface area contributed by atoms with Crippen LogP contribution in [0.3, 0.4) is 0 Å². The average molecular weight is 441 g/mol. The topological polar surface area (TPSA) is 73.8 Å². The van der Waals surface area contributed by atoms with E-state index in [4.69, 9.17) is 0 Å². The molecule has 0 amide bonds. The summed E-state index contributed by atoms with van der Waals surface area (Å²) in [6.07, 6.45) is 5.07. The molecule has 5 rings (SSSR count). The summed E-state index contributed by atoms with van der Waals surface area (Å²) in [7, 11) is 1.70. The highest BCUT2D eigenvalue weighted by Crippen LogP contribution is 2.40. The van der Waals surface area contributed by atoms with E-state index in [2.05, 4.69) is 25.4 Å². The monoisotopic (exact) mass is 441 g/mol. The summed E-state index contributed by atoms with van der Waals surface area (Å²) in [5.41, 5.74) is 0.0715. The number of fused-ring (bicyclic) bond motifs is 2. The molecule has 0 bridgehead atoms. The number of hydrogen-bond acceptors (Lipinski definition) is 5. The number of alkyl halides is 2. The van der Waals surface area contributed by atoms with E-state index in [1.807, 2.05) is 0 Å². The summed E-state index contributed by atoms with van der Waals surface area (Å²) in [4.78, 5) is 4.04. The van der Waals surface area contributed by atoms with Gasteiger partial charge in [0.05, 0.1) is 17.4 Å². The van der Waals surface area contributed by atoms with Crippen LogP contribution in [0.25, 0.3) is 27.7 Å². The van der Waals surface area contributed by atoms with E-state index in [1.165, 1.54) is 29.2 Å². The van der Waals surface area contributed by atoms with Crippen LogP contribution in [-0.2, 0) is 19.4 Å². The molecular weight excluding hydrogens is 426 g/mol. The number of hydrogen-bond donors (Lipinski definition) is 0. The summed E-state index contributed by atoms with van der Waals surface area (Å²) in [6, 6.07) is 5.20. The second-order valence-electron chi connectivity index (χ2n) is 7.29. The van der Waals surface area contributed by atoms with Crippen molar-refractivity contribution in [1.82, 2.24) is 34.6 Å². The van der Waals surface area contributed by atoms with Crippen LogP contribution in [-0.4, -0.2) is 34.6 Å². The first kappa shape index (κ1) is 20.0. The molecule has 0 aliphatic carbocycles. The van der Waals surface area contributed by atoms with Gasteiger partial charge in [-0.3, -0.25) is 9.67 Å².